The first kappa shape index (κ1) is 18.8. The molecule has 0 spiro atoms. The van der Waals surface area contributed by atoms with Crippen molar-refractivity contribution < 1.29 is 9.59 Å². The molecule has 1 fully saturated rings. The van der Waals surface area contributed by atoms with Crippen LogP contribution in [0.15, 0.2) is 36.7 Å². The van der Waals surface area contributed by atoms with Crippen LogP contribution < -0.4 is 15.5 Å². The Morgan fingerprint density at radius 2 is 1.93 bits per heavy atom. The van der Waals surface area contributed by atoms with Gasteiger partial charge in [-0.2, -0.15) is 0 Å². The number of hydrogen-bond donors (Lipinski definition) is 2. The molecule has 2 heterocycles. The summed E-state index contributed by atoms with van der Waals surface area (Å²) in [5.74, 6) is 0.327. The smallest absolute Gasteiger partial charge is 0.275 e. The number of amides is 2. The molecule has 27 heavy (non-hydrogen) atoms. The van der Waals surface area contributed by atoms with Crippen molar-refractivity contribution in [3.8, 4) is 0 Å². The Hall–Kier alpha value is -2.96. The molecule has 7 heteroatoms. The summed E-state index contributed by atoms with van der Waals surface area (Å²) >= 11 is 0. The maximum Gasteiger partial charge on any atom is 0.275 e. The van der Waals surface area contributed by atoms with Gasteiger partial charge in [0.15, 0.2) is 0 Å². The third kappa shape index (κ3) is 4.81. The zero-order valence-electron chi connectivity index (χ0n) is 15.7. The third-order valence-corrected chi connectivity index (χ3v) is 4.70. The van der Waals surface area contributed by atoms with Crippen molar-refractivity contribution in [1.29, 1.82) is 0 Å². The molecule has 2 N–H and O–H groups in total. The first-order valence-corrected chi connectivity index (χ1v) is 9.34. The summed E-state index contributed by atoms with van der Waals surface area (Å²) in [6.45, 7) is 4.61. The fourth-order valence-corrected chi connectivity index (χ4v) is 3.39. The normalized spacial score (nSPS) is 16.7. The van der Waals surface area contributed by atoms with Gasteiger partial charge in [-0.1, -0.05) is 13.0 Å². The first-order chi connectivity index (χ1) is 13.1. The first-order valence-electron chi connectivity index (χ1n) is 9.34. The molecule has 0 radical (unpaired) electrons. The highest BCUT2D eigenvalue weighted by Gasteiger charge is 2.22. The Bertz CT molecular complexity index is 806. The van der Waals surface area contributed by atoms with Gasteiger partial charge >= 0.3 is 0 Å². The molecule has 1 aromatic heterocycles. The number of carbonyl (C=O) groups is 2. The van der Waals surface area contributed by atoms with E-state index in [9.17, 15) is 9.59 Å². The lowest BCUT2D eigenvalue weighted by atomic mass is 10.0. The van der Waals surface area contributed by atoms with Gasteiger partial charge in [0.2, 0.25) is 5.91 Å². The Kier molecular flexibility index (Phi) is 6.01. The maximum atomic E-state index is 12.4. The summed E-state index contributed by atoms with van der Waals surface area (Å²) < 4.78 is 0. The zero-order chi connectivity index (χ0) is 19.2. The van der Waals surface area contributed by atoms with Crippen LogP contribution in [0.3, 0.4) is 0 Å². The van der Waals surface area contributed by atoms with Crippen LogP contribution in [-0.2, 0) is 4.79 Å². The molecule has 1 saturated heterocycles. The van der Waals surface area contributed by atoms with Crippen molar-refractivity contribution >= 4 is 29.0 Å². The van der Waals surface area contributed by atoms with Crippen LogP contribution in [0.5, 0.6) is 0 Å². The Labute approximate surface area is 159 Å². The summed E-state index contributed by atoms with van der Waals surface area (Å²) in [6, 6.07) is 7.46. The van der Waals surface area contributed by atoms with Crippen LogP contribution >= 0.6 is 0 Å². The molecule has 2 aromatic rings. The molecule has 1 aliphatic heterocycles. The number of aromatic nitrogens is 2. The van der Waals surface area contributed by atoms with Crippen LogP contribution in [0.2, 0.25) is 0 Å². The van der Waals surface area contributed by atoms with E-state index in [2.05, 4.69) is 32.4 Å². The monoisotopic (exact) mass is 367 g/mol. The van der Waals surface area contributed by atoms with E-state index in [-0.39, 0.29) is 17.5 Å². The minimum atomic E-state index is -0.334. The molecular weight excluding hydrogens is 342 g/mol. The second kappa shape index (κ2) is 8.62. The quantitative estimate of drug-likeness (QED) is 0.845. The second-order valence-corrected chi connectivity index (χ2v) is 6.73. The van der Waals surface area contributed by atoms with Crippen LogP contribution in [0.1, 0.15) is 50.0 Å². The molecule has 1 aromatic carbocycles. The van der Waals surface area contributed by atoms with Gasteiger partial charge in [0.1, 0.15) is 11.5 Å². The highest BCUT2D eigenvalue weighted by atomic mass is 16.2. The average Bonchev–Trinajstić information content (AvgIpc) is 2.68. The van der Waals surface area contributed by atoms with Gasteiger partial charge in [0.25, 0.3) is 5.91 Å². The molecule has 1 aliphatic rings. The van der Waals surface area contributed by atoms with Crippen molar-refractivity contribution in [2.24, 2.45) is 0 Å². The van der Waals surface area contributed by atoms with E-state index < -0.39 is 0 Å². The number of benzene rings is 1. The molecule has 2 amide bonds. The number of rotatable bonds is 5. The predicted molar refractivity (Wildman–Crippen MR) is 106 cm³/mol. The van der Waals surface area contributed by atoms with Crippen molar-refractivity contribution in [1.82, 2.24) is 9.97 Å². The molecule has 142 valence electrons. The number of piperidine rings is 1. The maximum absolute atomic E-state index is 12.4. The van der Waals surface area contributed by atoms with Gasteiger partial charge in [-0.25, -0.2) is 9.97 Å². The van der Waals surface area contributed by atoms with E-state index >= 15 is 0 Å². The van der Waals surface area contributed by atoms with E-state index in [1.807, 2.05) is 0 Å². The lowest BCUT2D eigenvalue weighted by Gasteiger charge is -2.35. The molecule has 0 saturated carbocycles. The lowest BCUT2D eigenvalue weighted by molar-refractivity contribution is -0.114. The van der Waals surface area contributed by atoms with E-state index in [0.29, 0.717) is 17.4 Å². The molecule has 3 rings (SSSR count). The zero-order valence-corrected chi connectivity index (χ0v) is 15.7. The van der Waals surface area contributed by atoms with Gasteiger partial charge in [0.05, 0.1) is 12.4 Å². The second-order valence-electron chi connectivity index (χ2n) is 6.73. The van der Waals surface area contributed by atoms with E-state index in [0.717, 1.165) is 25.2 Å². The molecular formula is C20H25N5O2. The summed E-state index contributed by atoms with van der Waals surface area (Å²) in [4.78, 5) is 34.7. The van der Waals surface area contributed by atoms with Gasteiger partial charge < -0.3 is 15.5 Å². The minimum absolute atomic E-state index is 0.164. The highest BCUT2D eigenvalue weighted by molar-refractivity contribution is 6.03. The van der Waals surface area contributed by atoms with E-state index in [4.69, 9.17) is 0 Å². The molecule has 7 nitrogen and oxygen atoms in total. The molecule has 0 aliphatic carbocycles. The summed E-state index contributed by atoms with van der Waals surface area (Å²) in [5, 5.41) is 5.47. The fourth-order valence-electron chi connectivity index (χ4n) is 3.39. The largest absolute Gasteiger partial charge is 0.352 e. The molecule has 0 bridgehead atoms. The van der Waals surface area contributed by atoms with Crippen molar-refractivity contribution in [2.45, 2.75) is 45.6 Å². The van der Waals surface area contributed by atoms with Gasteiger partial charge in [-0.05, 0) is 43.9 Å². The number of nitrogens with zero attached hydrogens (tertiary/aromatic N) is 3. The predicted octanol–water partition coefficient (Wildman–Crippen LogP) is 3.46. The minimum Gasteiger partial charge on any atom is -0.352 e. The standard InChI is InChI=1S/C20H25N5O2/c1-3-17-9-4-5-10-25(17)19-13-21-18(12-22-19)20(27)24-16-8-6-7-15(11-16)23-14(2)26/h6-8,11-13,17H,3-5,9-10H2,1-2H3,(H,23,26)(H,24,27). The average molecular weight is 367 g/mol. The van der Waals surface area contributed by atoms with Crippen molar-refractivity contribution in [3.63, 3.8) is 0 Å². The van der Waals surface area contributed by atoms with Crippen LogP contribution in [-0.4, -0.2) is 34.4 Å². The van der Waals surface area contributed by atoms with Gasteiger partial charge in [-0.3, -0.25) is 9.59 Å². The lowest BCUT2D eigenvalue weighted by Crippen LogP contribution is -2.39. The fraction of sp³-hybridized carbons (Fsp3) is 0.400. The van der Waals surface area contributed by atoms with Gasteiger partial charge in [0, 0.05) is 30.9 Å². The Morgan fingerprint density at radius 3 is 2.59 bits per heavy atom. The molecule has 1 unspecified atom stereocenters. The van der Waals surface area contributed by atoms with Crippen LogP contribution in [0.4, 0.5) is 17.2 Å². The van der Waals surface area contributed by atoms with Crippen LogP contribution in [0, 0.1) is 0 Å². The Morgan fingerprint density at radius 1 is 1.15 bits per heavy atom. The third-order valence-electron chi connectivity index (χ3n) is 4.70. The summed E-state index contributed by atoms with van der Waals surface area (Å²) in [7, 11) is 0. The number of anilines is 3. The molecule has 1 atom stereocenters. The van der Waals surface area contributed by atoms with Gasteiger partial charge in [-0.15, -0.1) is 0 Å². The van der Waals surface area contributed by atoms with Crippen molar-refractivity contribution in [2.75, 3.05) is 22.1 Å². The SMILES string of the molecule is CCC1CCCCN1c1cnc(C(=O)Nc2cccc(NC(C)=O)c2)cn1. The summed E-state index contributed by atoms with van der Waals surface area (Å²) in [6.07, 6.45) is 7.85. The highest BCUT2D eigenvalue weighted by Crippen LogP contribution is 2.24. The summed E-state index contributed by atoms with van der Waals surface area (Å²) in [5.41, 5.74) is 1.46. The Balaban J connectivity index is 1.68. The van der Waals surface area contributed by atoms with E-state index in [1.165, 1.54) is 26.0 Å². The van der Waals surface area contributed by atoms with Crippen LogP contribution in [0.25, 0.3) is 0 Å². The van der Waals surface area contributed by atoms with Crippen molar-refractivity contribution in [3.05, 3.63) is 42.4 Å². The topological polar surface area (TPSA) is 87.2 Å². The number of carbonyl (C=O) groups excluding carboxylic acids is 2. The number of hydrogen-bond acceptors (Lipinski definition) is 5. The number of nitrogens with one attached hydrogen (secondary N) is 2. The van der Waals surface area contributed by atoms with E-state index in [1.54, 1.807) is 30.5 Å².